The van der Waals surface area contributed by atoms with Crippen LogP contribution in [0.4, 0.5) is 10.1 Å². The van der Waals surface area contributed by atoms with Crippen LogP contribution in [0.3, 0.4) is 0 Å². The molecule has 33 heavy (non-hydrogen) atoms. The number of aryl methyl sites for hydroxylation is 2. The van der Waals surface area contributed by atoms with E-state index in [2.05, 4.69) is 30.4 Å². The van der Waals surface area contributed by atoms with Gasteiger partial charge in [0.15, 0.2) is 11.6 Å². The first-order valence-electron chi connectivity index (χ1n) is 9.82. The number of fused-ring (bicyclic) bond motifs is 1. The summed E-state index contributed by atoms with van der Waals surface area (Å²) in [5.74, 6) is -0.424. The molecule has 0 atom stereocenters. The van der Waals surface area contributed by atoms with Crippen molar-refractivity contribution in [2.45, 2.75) is 13.8 Å². The predicted octanol–water partition coefficient (Wildman–Crippen LogP) is 4.44. The van der Waals surface area contributed by atoms with Gasteiger partial charge in [-0.25, -0.2) is 14.4 Å². The summed E-state index contributed by atoms with van der Waals surface area (Å²) in [5, 5.41) is 7.44. The maximum Gasteiger partial charge on any atom is 0.267 e. The van der Waals surface area contributed by atoms with Gasteiger partial charge in [-0.05, 0) is 38.1 Å². The Balaban J connectivity index is 1.35. The summed E-state index contributed by atoms with van der Waals surface area (Å²) in [4.78, 5) is 30.0. The average molecular weight is 461 g/mol. The topological polar surface area (TPSA) is 107 Å². The summed E-state index contributed by atoms with van der Waals surface area (Å²) in [6, 6.07) is 9.49. The van der Waals surface area contributed by atoms with Crippen molar-refractivity contribution < 1.29 is 13.9 Å². The fourth-order valence-electron chi connectivity index (χ4n) is 3.15. The van der Waals surface area contributed by atoms with Crippen molar-refractivity contribution in [2.24, 2.45) is 0 Å². The van der Waals surface area contributed by atoms with E-state index in [0.717, 1.165) is 5.56 Å². The molecule has 0 aliphatic rings. The molecule has 0 aliphatic heterocycles. The second-order valence-electron chi connectivity index (χ2n) is 7.08. The zero-order chi connectivity index (χ0) is 22.9. The first kappa shape index (κ1) is 20.6. The van der Waals surface area contributed by atoms with Gasteiger partial charge in [-0.1, -0.05) is 0 Å². The van der Waals surface area contributed by atoms with E-state index in [4.69, 9.17) is 4.74 Å². The van der Waals surface area contributed by atoms with Gasteiger partial charge in [0.1, 0.15) is 16.2 Å². The van der Waals surface area contributed by atoms with E-state index >= 15 is 0 Å². The summed E-state index contributed by atoms with van der Waals surface area (Å²) in [7, 11) is 0. The van der Waals surface area contributed by atoms with Crippen LogP contribution in [0.15, 0.2) is 55.1 Å². The highest BCUT2D eigenvalue weighted by molar-refractivity contribution is 7.17. The molecule has 0 spiro atoms. The Kier molecular flexibility index (Phi) is 5.23. The third-order valence-electron chi connectivity index (χ3n) is 4.66. The second kappa shape index (κ2) is 8.36. The Morgan fingerprint density at radius 3 is 2.85 bits per heavy atom. The number of anilines is 1. The van der Waals surface area contributed by atoms with Crippen LogP contribution < -0.4 is 10.1 Å². The molecule has 0 radical (unpaired) electrons. The highest BCUT2D eigenvalue weighted by Gasteiger charge is 2.18. The van der Waals surface area contributed by atoms with Gasteiger partial charge in [-0.15, -0.1) is 11.3 Å². The maximum atomic E-state index is 14.8. The van der Waals surface area contributed by atoms with Gasteiger partial charge in [0.05, 0.1) is 5.69 Å². The quantitative estimate of drug-likeness (QED) is 0.412. The average Bonchev–Trinajstić information content (AvgIpc) is 3.43. The largest absolute Gasteiger partial charge is 0.436 e. The predicted molar refractivity (Wildman–Crippen MR) is 120 cm³/mol. The van der Waals surface area contributed by atoms with Crippen molar-refractivity contribution in [1.82, 2.24) is 29.5 Å². The normalized spacial score (nSPS) is 11.0. The number of hydrogen-bond donors (Lipinski definition) is 1. The molecule has 164 valence electrons. The minimum atomic E-state index is -0.646. The van der Waals surface area contributed by atoms with Crippen LogP contribution in [-0.4, -0.2) is 35.5 Å². The van der Waals surface area contributed by atoms with Crippen molar-refractivity contribution in [3.05, 3.63) is 77.2 Å². The fraction of sp³-hybridized carbons (Fsp3) is 0.0909. The van der Waals surface area contributed by atoms with E-state index in [1.165, 1.54) is 34.3 Å². The minimum absolute atomic E-state index is 0.0248. The van der Waals surface area contributed by atoms with E-state index in [-0.39, 0.29) is 23.2 Å². The fourth-order valence-corrected chi connectivity index (χ4v) is 4.10. The molecule has 4 aromatic heterocycles. The lowest BCUT2D eigenvalue weighted by Crippen LogP contribution is -2.11. The molecular formula is C22H16FN7O2S. The summed E-state index contributed by atoms with van der Waals surface area (Å²) in [5.41, 5.74) is 2.35. The molecule has 0 unspecified atom stereocenters. The zero-order valence-corrected chi connectivity index (χ0v) is 18.3. The molecule has 0 saturated carbocycles. The standard InChI is InChI=1S/C22H16FN7O2S/c1-12-8-18(30-22(27-12)25-11-26-30)32-17-6-5-15(9-16(17)23)29-20(31)19-13(2)28-21(33-19)14-4-3-7-24-10-14/h3-11H,1-2H3,(H,29,31). The van der Waals surface area contributed by atoms with Crippen molar-refractivity contribution in [3.63, 3.8) is 0 Å². The SMILES string of the molecule is Cc1cc(Oc2ccc(NC(=O)c3sc(-c4cccnc4)nc3C)cc2F)n2ncnc2n1. The van der Waals surface area contributed by atoms with Gasteiger partial charge in [0.25, 0.3) is 11.7 Å². The van der Waals surface area contributed by atoms with Crippen LogP contribution in [0.5, 0.6) is 11.6 Å². The van der Waals surface area contributed by atoms with Crippen molar-refractivity contribution >= 4 is 28.7 Å². The molecule has 5 rings (SSSR count). The van der Waals surface area contributed by atoms with Crippen LogP contribution >= 0.6 is 11.3 Å². The second-order valence-corrected chi connectivity index (χ2v) is 8.08. The van der Waals surface area contributed by atoms with Gasteiger partial charge in [-0.2, -0.15) is 14.6 Å². The van der Waals surface area contributed by atoms with Crippen molar-refractivity contribution in [2.75, 3.05) is 5.32 Å². The van der Waals surface area contributed by atoms with Crippen molar-refractivity contribution in [1.29, 1.82) is 0 Å². The number of carbonyl (C=O) groups excluding carboxylic acids is 1. The molecular weight excluding hydrogens is 445 g/mol. The molecule has 11 heteroatoms. The van der Waals surface area contributed by atoms with Crippen LogP contribution in [0.2, 0.25) is 0 Å². The minimum Gasteiger partial charge on any atom is -0.436 e. The summed E-state index contributed by atoms with van der Waals surface area (Å²) in [6.07, 6.45) is 4.69. The molecule has 1 aromatic carbocycles. The first-order valence-corrected chi connectivity index (χ1v) is 10.6. The van der Waals surface area contributed by atoms with E-state index < -0.39 is 5.82 Å². The molecule has 5 aromatic rings. The monoisotopic (exact) mass is 461 g/mol. The highest BCUT2D eigenvalue weighted by Crippen LogP contribution is 2.30. The number of pyridine rings is 1. The Labute approximate surface area is 191 Å². The van der Waals surface area contributed by atoms with Crippen LogP contribution in [-0.2, 0) is 0 Å². The van der Waals surface area contributed by atoms with Crippen LogP contribution in [0.25, 0.3) is 16.3 Å². The summed E-state index contributed by atoms with van der Waals surface area (Å²) >= 11 is 1.25. The van der Waals surface area contributed by atoms with Gasteiger partial charge >= 0.3 is 0 Å². The number of halogens is 1. The lowest BCUT2D eigenvalue weighted by molar-refractivity contribution is 0.103. The Morgan fingerprint density at radius 2 is 2.06 bits per heavy atom. The number of ether oxygens (including phenoxy) is 1. The third-order valence-corrected chi connectivity index (χ3v) is 5.87. The van der Waals surface area contributed by atoms with Gasteiger partial charge < -0.3 is 10.1 Å². The molecule has 9 nitrogen and oxygen atoms in total. The Bertz CT molecular complexity index is 1480. The number of benzene rings is 1. The van der Waals surface area contributed by atoms with Gasteiger partial charge in [0, 0.05) is 41.5 Å². The zero-order valence-electron chi connectivity index (χ0n) is 17.5. The van der Waals surface area contributed by atoms with E-state index in [1.807, 2.05) is 6.07 Å². The molecule has 1 N–H and O–H groups in total. The molecule has 0 saturated heterocycles. The Morgan fingerprint density at radius 1 is 1.18 bits per heavy atom. The number of aromatic nitrogens is 6. The lowest BCUT2D eigenvalue weighted by atomic mass is 10.2. The molecule has 4 heterocycles. The van der Waals surface area contributed by atoms with Crippen molar-refractivity contribution in [3.8, 4) is 22.2 Å². The van der Waals surface area contributed by atoms with Gasteiger partial charge in [-0.3, -0.25) is 9.78 Å². The highest BCUT2D eigenvalue weighted by atomic mass is 32.1. The number of hydrogen-bond acceptors (Lipinski definition) is 8. The third kappa shape index (κ3) is 4.13. The molecule has 0 aliphatic carbocycles. The summed E-state index contributed by atoms with van der Waals surface area (Å²) < 4.78 is 21.8. The van der Waals surface area contributed by atoms with Crippen LogP contribution in [0.1, 0.15) is 21.1 Å². The number of rotatable bonds is 5. The lowest BCUT2D eigenvalue weighted by Gasteiger charge is -2.10. The Hall–Kier alpha value is -4.25. The summed E-state index contributed by atoms with van der Waals surface area (Å²) in [6.45, 7) is 3.53. The number of amides is 1. The van der Waals surface area contributed by atoms with E-state index in [9.17, 15) is 9.18 Å². The smallest absolute Gasteiger partial charge is 0.267 e. The van der Waals surface area contributed by atoms with Crippen LogP contribution in [0, 0.1) is 19.7 Å². The van der Waals surface area contributed by atoms with Gasteiger partial charge in [0.2, 0.25) is 5.88 Å². The first-order chi connectivity index (χ1) is 16.0. The number of nitrogens with zero attached hydrogens (tertiary/aromatic N) is 6. The van der Waals surface area contributed by atoms with E-state index in [1.54, 1.807) is 44.4 Å². The molecule has 0 bridgehead atoms. The number of carbonyl (C=O) groups is 1. The number of thiazole rings is 1. The van der Waals surface area contributed by atoms with E-state index in [0.29, 0.717) is 27.1 Å². The molecule has 1 amide bonds. The maximum absolute atomic E-state index is 14.8. The number of nitrogens with one attached hydrogen (secondary N) is 1. The molecule has 0 fully saturated rings.